The van der Waals surface area contributed by atoms with E-state index < -0.39 is 47.6 Å². The van der Waals surface area contributed by atoms with Gasteiger partial charge < -0.3 is 37.0 Å². The van der Waals surface area contributed by atoms with Crippen LogP contribution in [0.4, 0.5) is 0 Å². The Balaban J connectivity index is 0.0000104. The Morgan fingerprint density at radius 1 is 0.638 bits per heavy atom. The monoisotopic (exact) mass is 674 g/mol. The van der Waals surface area contributed by atoms with Gasteiger partial charge in [0, 0.05) is 71.9 Å². The van der Waals surface area contributed by atoms with Gasteiger partial charge in [-0.1, -0.05) is 27.2 Å². The van der Waals surface area contributed by atoms with E-state index in [2.05, 4.69) is 16.0 Å². The molecule has 1 aliphatic rings. The maximum absolute atomic E-state index is 12.8. The second-order valence-corrected chi connectivity index (χ2v) is 10.8. The standard InChI is InChI=1S/C27H48N8O10.C2H6/c1-2-3-5-30-27(45)20(15-21(28)36)31-22(37)4-6-29-23(38)16-32-7-9-33(17-24(39)40)11-13-35(19-26(43)44)14-12-34(10-8-32)18-25(41)42;1-2/h20H,2-19H2,1H3,(H2,28,36)(H,29,38)(H,30,45)(H,31,37)(H,39,40)(H,41,42)(H,43,44);1-2H3. The summed E-state index contributed by atoms with van der Waals surface area (Å²) in [6.45, 7) is 7.37. The third-order valence-corrected chi connectivity index (χ3v) is 6.93. The van der Waals surface area contributed by atoms with Gasteiger partial charge in [-0.2, -0.15) is 0 Å². The van der Waals surface area contributed by atoms with Crippen LogP contribution in [0.1, 0.15) is 46.5 Å². The van der Waals surface area contributed by atoms with E-state index in [1.165, 1.54) is 0 Å². The lowest BCUT2D eigenvalue weighted by Gasteiger charge is -2.32. The average molecular weight is 675 g/mol. The molecule has 47 heavy (non-hydrogen) atoms. The van der Waals surface area contributed by atoms with Gasteiger partial charge in [-0.25, -0.2) is 0 Å². The van der Waals surface area contributed by atoms with Crippen LogP contribution in [0.15, 0.2) is 0 Å². The smallest absolute Gasteiger partial charge is 0.317 e. The first-order valence-electron chi connectivity index (χ1n) is 16.0. The molecule has 270 valence electrons. The first-order chi connectivity index (χ1) is 22.3. The lowest BCUT2D eigenvalue weighted by Crippen LogP contribution is -2.50. The van der Waals surface area contributed by atoms with Crippen LogP contribution < -0.4 is 21.7 Å². The maximum Gasteiger partial charge on any atom is 0.317 e. The first-order valence-corrected chi connectivity index (χ1v) is 16.0. The molecular weight excluding hydrogens is 620 g/mol. The van der Waals surface area contributed by atoms with Crippen LogP contribution in [0.5, 0.6) is 0 Å². The highest BCUT2D eigenvalue weighted by Gasteiger charge is 2.23. The molecule has 1 saturated heterocycles. The molecule has 1 heterocycles. The van der Waals surface area contributed by atoms with E-state index in [1.807, 2.05) is 20.8 Å². The number of unbranched alkanes of at least 4 members (excludes halogenated alkanes) is 1. The molecule has 1 rings (SSSR count). The summed E-state index contributed by atoms with van der Waals surface area (Å²) >= 11 is 0. The van der Waals surface area contributed by atoms with Crippen molar-refractivity contribution in [3.8, 4) is 0 Å². The number of aliphatic carboxylic acids is 3. The molecule has 18 nitrogen and oxygen atoms in total. The molecule has 1 fully saturated rings. The molecule has 1 unspecified atom stereocenters. The van der Waals surface area contributed by atoms with Gasteiger partial charge in [-0.15, -0.1) is 0 Å². The van der Waals surface area contributed by atoms with E-state index in [-0.39, 0.29) is 97.9 Å². The number of primary amides is 1. The van der Waals surface area contributed by atoms with Crippen molar-refractivity contribution in [2.24, 2.45) is 5.73 Å². The minimum Gasteiger partial charge on any atom is -0.480 e. The van der Waals surface area contributed by atoms with Crippen molar-refractivity contribution in [1.29, 1.82) is 0 Å². The van der Waals surface area contributed by atoms with Gasteiger partial charge in [0.25, 0.3) is 0 Å². The Hall–Kier alpha value is -3.87. The lowest BCUT2D eigenvalue weighted by molar-refractivity contribution is -0.140. The SMILES string of the molecule is CC.CCCCNC(=O)C(CC(N)=O)NC(=O)CCNC(=O)CN1CCN(CC(=O)O)CCN(CC(=O)O)CCN(CC(=O)O)CC1. The third kappa shape index (κ3) is 22.3. The topological polar surface area (TPSA) is 255 Å². The van der Waals surface area contributed by atoms with Crippen LogP contribution in [0.25, 0.3) is 0 Å². The predicted molar refractivity (Wildman–Crippen MR) is 171 cm³/mol. The highest BCUT2D eigenvalue weighted by molar-refractivity contribution is 5.91. The number of nitrogens with one attached hydrogen (secondary N) is 3. The normalized spacial score (nSPS) is 16.2. The fraction of sp³-hybridized carbons (Fsp3) is 0.759. The Bertz CT molecular complexity index is 983. The van der Waals surface area contributed by atoms with E-state index in [4.69, 9.17) is 5.73 Å². The van der Waals surface area contributed by atoms with Crippen molar-refractivity contribution in [3.63, 3.8) is 0 Å². The van der Waals surface area contributed by atoms with E-state index >= 15 is 0 Å². The van der Waals surface area contributed by atoms with E-state index in [0.717, 1.165) is 12.8 Å². The Labute approximate surface area is 275 Å². The predicted octanol–water partition coefficient (Wildman–Crippen LogP) is -2.73. The summed E-state index contributed by atoms with van der Waals surface area (Å²) in [7, 11) is 0. The number of rotatable bonds is 18. The number of amides is 4. The number of hydrogen-bond donors (Lipinski definition) is 7. The Morgan fingerprint density at radius 2 is 1.04 bits per heavy atom. The maximum atomic E-state index is 12.8. The third-order valence-electron chi connectivity index (χ3n) is 6.93. The number of hydrogen-bond acceptors (Lipinski definition) is 11. The van der Waals surface area contributed by atoms with E-state index in [0.29, 0.717) is 6.54 Å². The van der Waals surface area contributed by atoms with Crippen molar-refractivity contribution in [2.45, 2.75) is 52.5 Å². The fourth-order valence-electron chi connectivity index (χ4n) is 4.55. The Kier molecular flexibility index (Phi) is 23.2. The summed E-state index contributed by atoms with van der Waals surface area (Å²) in [5.41, 5.74) is 5.21. The molecule has 8 N–H and O–H groups in total. The fourth-order valence-corrected chi connectivity index (χ4v) is 4.55. The molecule has 18 heteroatoms. The summed E-state index contributed by atoms with van der Waals surface area (Å²) in [5.74, 6) is -5.45. The van der Waals surface area contributed by atoms with Crippen molar-refractivity contribution in [2.75, 3.05) is 91.6 Å². The average Bonchev–Trinajstić information content (AvgIpc) is 2.98. The number of carbonyl (C=O) groups excluding carboxylic acids is 4. The minimum atomic E-state index is -1.14. The second kappa shape index (κ2) is 25.2. The van der Waals surface area contributed by atoms with Crippen LogP contribution in [-0.4, -0.2) is 174 Å². The van der Waals surface area contributed by atoms with Gasteiger partial charge in [0.05, 0.1) is 32.6 Å². The molecule has 0 aromatic rings. The van der Waals surface area contributed by atoms with E-state index in [1.54, 1.807) is 19.6 Å². The van der Waals surface area contributed by atoms with Crippen LogP contribution in [0.3, 0.4) is 0 Å². The van der Waals surface area contributed by atoms with Gasteiger partial charge in [-0.3, -0.25) is 53.2 Å². The molecule has 0 radical (unpaired) electrons. The number of carboxylic acid groups (broad SMARTS) is 3. The molecule has 0 aromatic heterocycles. The quantitative estimate of drug-likeness (QED) is 0.0729. The first kappa shape index (κ1) is 43.1. The number of carboxylic acids is 3. The highest BCUT2D eigenvalue weighted by atomic mass is 16.4. The number of nitrogens with two attached hydrogens (primary N) is 1. The van der Waals surface area contributed by atoms with E-state index in [9.17, 15) is 48.9 Å². The second-order valence-electron chi connectivity index (χ2n) is 10.8. The zero-order valence-electron chi connectivity index (χ0n) is 27.9. The van der Waals surface area contributed by atoms with Crippen molar-refractivity contribution >= 4 is 41.5 Å². The minimum absolute atomic E-state index is 0.0606. The zero-order chi connectivity index (χ0) is 35.8. The summed E-state index contributed by atoms with van der Waals surface area (Å²) in [5, 5.41) is 35.7. The number of nitrogens with zero attached hydrogens (tertiary/aromatic N) is 4. The Morgan fingerprint density at radius 3 is 1.40 bits per heavy atom. The highest BCUT2D eigenvalue weighted by Crippen LogP contribution is 2.02. The van der Waals surface area contributed by atoms with Gasteiger partial charge in [0.15, 0.2) is 0 Å². The van der Waals surface area contributed by atoms with Crippen molar-refractivity contribution in [1.82, 2.24) is 35.6 Å². The van der Waals surface area contributed by atoms with Gasteiger partial charge in [-0.05, 0) is 6.42 Å². The van der Waals surface area contributed by atoms with Crippen LogP contribution in [0, 0.1) is 0 Å². The van der Waals surface area contributed by atoms with Crippen LogP contribution in [0.2, 0.25) is 0 Å². The van der Waals surface area contributed by atoms with Gasteiger partial charge in [0.2, 0.25) is 23.6 Å². The molecule has 0 bridgehead atoms. The molecule has 0 saturated carbocycles. The molecular formula is C29H54N8O10. The molecule has 4 amide bonds. The molecule has 1 atom stereocenters. The molecule has 0 spiro atoms. The van der Waals surface area contributed by atoms with Gasteiger partial charge >= 0.3 is 17.9 Å². The largest absolute Gasteiger partial charge is 0.480 e. The zero-order valence-corrected chi connectivity index (χ0v) is 27.9. The van der Waals surface area contributed by atoms with Gasteiger partial charge in [0.1, 0.15) is 6.04 Å². The number of carbonyl (C=O) groups is 7. The van der Waals surface area contributed by atoms with Crippen LogP contribution in [-0.2, 0) is 33.6 Å². The summed E-state index contributed by atoms with van der Waals surface area (Å²) < 4.78 is 0. The molecule has 0 aromatic carbocycles. The van der Waals surface area contributed by atoms with Crippen LogP contribution >= 0.6 is 0 Å². The molecule has 1 aliphatic heterocycles. The van der Waals surface area contributed by atoms with Crippen molar-refractivity contribution < 1.29 is 48.9 Å². The van der Waals surface area contributed by atoms with Crippen molar-refractivity contribution in [3.05, 3.63) is 0 Å². The summed E-state index contributed by atoms with van der Waals surface area (Å²) in [6, 6.07) is -1.14. The lowest BCUT2D eigenvalue weighted by atomic mass is 10.1. The molecule has 0 aliphatic carbocycles. The summed E-state index contributed by atoms with van der Waals surface area (Å²) in [6.07, 6.45) is 1.03. The summed E-state index contributed by atoms with van der Waals surface area (Å²) in [4.78, 5) is 89.8.